The molecule has 1 aromatic carbocycles. The fourth-order valence-corrected chi connectivity index (χ4v) is 5.41. The summed E-state index contributed by atoms with van der Waals surface area (Å²) in [4.78, 5) is 22.9. The summed E-state index contributed by atoms with van der Waals surface area (Å²) in [6, 6.07) is 7.86. The van der Waals surface area contributed by atoms with E-state index in [9.17, 15) is 14.0 Å². The molecule has 0 saturated carbocycles. The minimum Gasteiger partial charge on any atom is -0.356 e. The highest BCUT2D eigenvalue weighted by Gasteiger charge is 2.30. The highest BCUT2D eigenvalue weighted by atomic mass is 19.2. The Kier molecular flexibility index (Phi) is 6.77. The quantitative estimate of drug-likeness (QED) is 0.285. The second kappa shape index (κ2) is 10.7. The third kappa shape index (κ3) is 4.82. The summed E-state index contributed by atoms with van der Waals surface area (Å²) in [5, 5.41) is 18.2. The number of halogens is 2. The van der Waals surface area contributed by atoms with Gasteiger partial charge in [0.05, 0.1) is 30.4 Å². The van der Waals surface area contributed by atoms with Crippen molar-refractivity contribution in [2.75, 3.05) is 23.3 Å². The molecule has 1 saturated heterocycles. The third-order valence-corrected chi connectivity index (χ3v) is 7.49. The Morgan fingerprint density at radius 3 is 2.73 bits per heavy atom. The summed E-state index contributed by atoms with van der Waals surface area (Å²) in [7, 11) is 0. The number of aromatic amines is 1. The van der Waals surface area contributed by atoms with E-state index in [2.05, 4.69) is 46.3 Å². The molecule has 0 spiro atoms. The number of anilines is 3. The number of piperidine rings is 1. The normalized spacial score (nSPS) is 14.8. The molecule has 1 atom stereocenters. The van der Waals surface area contributed by atoms with E-state index in [1.165, 1.54) is 18.7 Å². The predicted octanol–water partition coefficient (Wildman–Crippen LogP) is 5.31. The average molecular weight is 541 g/mol. The van der Waals surface area contributed by atoms with Gasteiger partial charge in [-0.1, -0.05) is 0 Å². The number of H-pyrrole nitrogens is 1. The van der Waals surface area contributed by atoms with Crippen molar-refractivity contribution in [3.8, 4) is 17.3 Å². The van der Waals surface area contributed by atoms with Crippen LogP contribution in [0.15, 0.2) is 55.5 Å². The SMILES string of the molecule is Cc1c(Nc2ccc(F)c(F)c2)ncnc1N1CCC(C(CC#N)n2cc(-c3ncnc4[nH]ccc34)cn2)CC1. The van der Waals surface area contributed by atoms with Crippen LogP contribution in [0.3, 0.4) is 0 Å². The third-order valence-electron chi connectivity index (χ3n) is 7.49. The van der Waals surface area contributed by atoms with E-state index in [4.69, 9.17) is 0 Å². The molecule has 0 radical (unpaired) electrons. The summed E-state index contributed by atoms with van der Waals surface area (Å²) in [6.07, 6.45) is 10.6. The van der Waals surface area contributed by atoms with E-state index in [1.807, 2.05) is 30.1 Å². The van der Waals surface area contributed by atoms with Gasteiger partial charge < -0.3 is 15.2 Å². The zero-order valence-electron chi connectivity index (χ0n) is 21.7. The highest BCUT2D eigenvalue weighted by molar-refractivity contribution is 5.90. The van der Waals surface area contributed by atoms with Crippen LogP contribution in [0.2, 0.25) is 0 Å². The molecule has 0 bridgehead atoms. The lowest BCUT2D eigenvalue weighted by Gasteiger charge is -2.36. The molecule has 202 valence electrons. The van der Waals surface area contributed by atoms with Gasteiger partial charge in [0, 0.05) is 53.8 Å². The zero-order valence-corrected chi connectivity index (χ0v) is 21.7. The van der Waals surface area contributed by atoms with Gasteiger partial charge in [-0.25, -0.2) is 28.7 Å². The van der Waals surface area contributed by atoms with Gasteiger partial charge in [-0.3, -0.25) is 4.68 Å². The second-order valence-corrected chi connectivity index (χ2v) is 9.85. The van der Waals surface area contributed by atoms with E-state index in [0.717, 1.165) is 71.7 Å². The summed E-state index contributed by atoms with van der Waals surface area (Å²) in [5.41, 5.74) is 3.67. The standard InChI is InChI=1S/C28H26F2N10/c1-17-26(38-20-2-3-22(29)23(30)12-20)34-16-36-28(17)39-10-6-18(7-11-39)24(4-8-31)40-14-19(13-37-40)25-21-5-9-32-27(21)35-15-33-25/h2-3,5,9,12-16,18,24H,4,6-7,10-11H2,1H3,(H,32,33,35)(H,34,36,38). The van der Waals surface area contributed by atoms with Gasteiger partial charge in [0.25, 0.3) is 0 Å². The fraction of sp³-hybridized carbons (Fsp3) is 0.286. The Bertz CT molecular complexity index is 1700. The Hall–Kier alpha value is -4.92. The molecule has 10 nitrogen and oxygen atoms in total. The first kappa shape index (κ1) is 25.4. The smallest absolute Gasteiger partial charge is 0.160 e. The maximum atomic E-state index is 13.7. The summed E-state index contributed by atoms with van der Waals surface area (Å²) >= 11 is 0. The van der Waals surface area contributed by atoms with E-state index >= 15 is 0 Å². The number of benzene rings is 1. The number of hydrogen-bond acceptors (Lipinski definition) is 8. The predicted molar refractivity (Wildman–Crippen MR) is 146 cm³/mol. The molecule has 40 heavy (non-hydrogen) atoms. The summed E-state index contributed by atoms with van der Waals surface area (Å²) in [6.45, 7) is 3.40. The lowest BCUT2D eigenvalue weighted by Crippen LogP contribution is -2.37. The van der Waals surface area contributed by atoms with Gasteiger partial charge in [-0.15, -0.1) is 0 Å². The molecule has 5 heterocycles. The summed E-state index contributed by atoms with van der Waals surface area (Å²) in [5.74, 6) is -0.253. The molecule has 2 N–H and O–H groups in total. The van der Waals surface area contributed by atoms with Gasteiger partial charge in [-0.05, 0) is 43.9 Å². The molecular weight excluding hydrogens is 514 g/mol. The van der Waals surface area contributed by atoms with Crippen molar-refractivity contribution >= 4 is 28.4 Å². The van der Waals surface area contributed by atoms with Crippen molar-refractivity contribution in [1.82, 2.24) is 34.7 Å². The monoisotopic (exact) mass is 540 g/mol. The average Bonchev–Trinajstić information content (AvgIpc) is 3.65. The minimum absolute atomic E-state index is 0.0680. The van der Waals surface area contributed by atoms with Crippen LogP contribution in [0.4, 0.5) is 26.1 Å². The van der Waals surface area contributed by atoms with Crippen LogP contribution >= 0.6 is 0 Å². The molecule has 0 aliphatic carbocycles. The molecule has 6 rings (SSSR count). The Morgan fingerprint density at radius 2 is 1.93 bits per heavy atom. The Morgan fingerprint density at radius 1 is 1.10 bits per heavy atom. The second-order valence-electron chi connectivity index (χ2n) is 9.85. The fourth-order valence-electron chi connectivity index (χ4n) is 5.41. The van der Waals surface area contributed by atoms with Crippen molar-refractivity contribution in [1.29, 1.82) is 5.26 Å². The van der Waals surface area contributed by atoms with E-state index in [0.29, 0.717) is 17.9 Å². The number of hydrogen-bond donors (Lipinski definition) is 2. The molecule has 5 aromatic rings. The zero-order chi connectivity index (χ0) is 27.6. The molecular formula is C28H26F2N10. The molecule has 1 aliphatic rings. The van der Waals surface area contributed by atoms with E-state index in [1.54, 1.807) is 6.20 Å². The van der Waals surface area contributed by atoms with Crippen LogP contribution in [-0.2, 0) is 0 Å². The van der Waals surface area contributed by atoms with Crippen LogP contribution in [0.25, 0.3) is 22.3 Å². The number of rotatable bonds is 7. The van der Waals surface area contributed by atoms with Gasteiger partial charge in [0.2, 0.25) is 0 Å². The van der Waals surface area contributed by atoms with Gasteiger partial charge >= 0.3 is 0 Å². The molecule has 1 aliphatic heterocycles. The molecule has 4 aromatic heterocycles. The van der Waals surface area contributed by atoms with Crippen LogP contribution in [0, 0.1) is 35.8 Å². The lowest BCUT2D eigenvalue weighted by atomic mass is 9.87. The largest absolute Gasteiger partial charge is 0.356 e. The molecule has 1 fully saturated rings. The van der Waals surface area contributed by atoms with Crippen molar-refractivity contribution in [2.24, 2.45) is 5.92 Å². The van der Waals surface area contributed by atoms with Crippen molar-refractivity contribution in [3.05, 3.63) is 72.7 Å². The van der Waals surface area contributed by atoms with Crippen LogP contribution in [-0.4, -0.2) is 47.8 Å². The Balaban J connectivity index is 1.17. The van der Waals surface area contributed by atoms with E-state index < -0.39 is 11.6 Å². The number of aromatic nitrogens is 7. The van der Waals surface area contributed by atoms with Crippen molar-refractivity contribution in [3.63, 3.8) is 0 Å². The van der Waals surface area contributed by atoms with E-state index in [-0.39, 0.29) is 12.0 Å². The first-order chi connectivity index (χ1) is 19.5. The maximum Gasteiger partial charge on any atom is 0.160 e. The maximum absolute atomic E-state index is 13.7. The number of nitrogens with one attached hydrogen (secondary N) is 2. The summed E-state index contributed by atoms with van der Waals surface area (Å²) < 4.78 is 28.9. The number of fused-ring (bicyclic) bond motifs is 1. The molecule has 1 unspecified atom stereocenters. The highest BCUT2D eigenvalue weighted by Crippen LogP contribution is 2.35. The topological polar surface area (TPSA) is 124 Å². The van der Waals surface area contributed by atoms with Crippen LogP contribution < -0.4 is 10.2 Å². The number of nitriles is 1. The van der Waals surface area contributed by atoms with Gasteiger partial charge in [0.1, 0.15) is 29.9 Å². The first-order valence-corrected chi connectivity index (χ1v) is 13.0. The van der Waals surface area contributed by atoms with Crippen molar-refractivity contribution in [2.45, 2.75) is 32.2 Å². The lowest BCUT2D eigenvalue weighted by molar-refractivity contribution is 0.260. The minimum atomic E-state index is -0.926. The van der Waals surface area contributed by atoms with Crippen molar-refractivity contribution < 1.29 is 8.78 Å². The van der Waals surface area contributed by atoms with Crippen LogP contribution in [0.5, 0.6) is 0 Å². The van der Waals surface area contributed by atoms with Gasteiger partial charge in [-0.2, -0.15) is 10.4 Å². The first-order valence-electron chi connectivity index (χ1n) is 13.0. The Labute approximate surface area is 228 Å². The van der Waals surface area contributed by atoms with Gasteiger partial charge in [0.15, 0.2) is 11.6 Å². The molecule has 0 amide bonds. The van der Waals surface area contributed by atoms with Crippen LogP contribution in [0.1, 0.15) is 30.9 Å². The molecule has 12 heteroatoms. The number of nitrogens with zero attached hydrogens (tertiary/aromatic N) is 8.